The Bertz CT molecular complexity index is 1480. The lowest BCUT2D eigenvalue weighted by molar-refractivity contribution is -0.145. The van der Waals surface area contributed by atoms with Gasteiger partial charge in [-0.25, -0.2) is 27.2 Å². The van der Waals surface area contributed by atoms with Crippen molar-refractivity contribution in [2.24, 2.45) is 0 Å². The second-order valence-electron chi connectivity index (χ2n) is 9.21. The van der Waals surface area contributed by atoms with Crippen LogP contribution in [0.25, 0.3) is 11.3 Å². The molecule has 8 nitrogen and oxygen atoms in total. The van der Waals surface area contributed by atoms with Crippen LogP contribution in [0.3, 0.4) is 0 Å². The van der Waals surface area contributed by atoms with Crippen LogP contribution < -0.4 is 5.32 Å². The number of carbonyl (C=O) groups is 1. The van der Waals surface area contributed by atoms with Gasteiger partial charge in [-0.2, -0.15) is 17.5 Å². The van der Waals surface area contributed by atoms with Gasteiger partial charge in [0.2, 0.25) is 21.8 Å². The molecule has 2 fully saturated rings. The topological polar surface area (TPSA) is 105 Å². The van der Waals surface area contributed by atoms with Gasteiger partial charge in [-0.05, 0) is 56.0 Å². The van der Waals surface area contributed by atoms with E-state index in [9.17, 15) is 35.2 Å². The second-order valence-corrected chi connectivity index (χ2v) is 11.0. The van der Waals surface area contributed by atoms with Gasteiger partial charge in [-0.1, -0.05) is 0 Å². The van der Waals surface area contributed by atoms with Gasteiger partial charge in [0.15, 0.2) is 0 Å². The SMILES string of the molecule is O=C(NCc1cc(-c2cnc(C(F)(F)F)nc2)ncc1F)[C@@H]1CCC2(CC2)N1S(=O)(=O)c1ccc(F)cc1. The van der Waals surface area contributed by atoms with Crippen LogP contribution in [0, 0.1) is 11.6 Å². The molecular weight excluding hydrogens is 533 g/mol. The van der Waals surface area contributed by atoms with Crippen molar-refractivity contribution >= 4 is 15.9 Å². The van der Waals surface area contributed by atoms with Gasteiger partial charge in [0.05, 0.1) is 16.8 Å². The van der Waals surface area contributed by atoms with E-state index in [4.69, 9.17) is 0 Å². The summed E-state index contributed by atoms with van der Waals surface area (Å²) in [6.07, 6.45) is -0.125. The third-order valence-corrected chi connectivity index (χ3v) is 8.75. The molecule has 2 aromatic heterocycles. The number of nitrogens with one attached hydrogen (secondary N) is 1. The number of amides is 1. The number of nitrogens with zero attached hydrogens (tertiary/aromatic N) is 4. The lowest BCUT2D eigenvalue weighted by Gasteiger charge is -2.29. The van der Waals surface area contributed by atoms with Gasteiger partial charge in [-0.15, -0.1) is 0 Å². The van der Waals surface area contributed by atoms with Gasteiger partial charge < -0.3 is 5.32 Å². The van der Waals surface area contributed by atoms with E-state index in [0.717, 1.165) is 42.9 Å². The molecule has 1 aliphatic heterocycles. The Morgan fingerprint density at radius 1 is 1.03 bits per heavy atom. The minimum Gasteiger partial charge on any atom is -0.351 e. The van der Waals surface area contributed by atoms with Gasteiger partial charge in [0.25, 0.3) is 0 Å². The van der Waals surface area contributed by atoms with E-state index in [0.29, 0.717) is 19.3 Å². The summed E-state index contributed by atoms with van der Waals surface area (Å²) >= 11 is 0. The largest absolute Gasteiger partial charge is 0.451 e. The highest BCUT2D eigenvalue weighted by molar-refractivity contribution is 7.89. The molecule has 5 rings (SSSR count). The Hall–Kier alpha value is -3.52. The van der Waals surface area contributed by atoms with E-state index < -0.39 is 51.1 Å². The first-order valence-corrected chi connectivity index (χ1v) is 13.0. The van der Waals surface area contributed by atoms with E-state index >= 15 is 0 Å². The molecule has 1 aromatic carbocycles. The van der Waals surface area contributed by atoms with Crippen molar-refractivity contribution in [3.63, 3.8) is 0 Å². The predicted octanol–water partition coefficient (Wildman–Crippen LogP) is 3.84. The molecule has 3 heterocycles. The summed E-state index contributed by atoms with van der Waals surface area (Å²) in [5.74, 6) is -3.33. The second kappa shape index (κ2) is 9.34. The maximum Gasteiger partial charge on any atom is 0.451 e. The molecule has 1 atom stereocenters. The fraction of sp³-hybridized carbons (Fsp3) is 0.333. The molecule has 2 aliphatic rings. The molecule has 14 heteroatoms. The highest BCUT2D eigenvalue weighted by Gasteiger charge is 2.61. The highest BCUT2D eigenvalue weighted by Crippen LogP contribution is 2.54. The lowest BCUT2D eigenvalue weighted by atomic mass is 10.1. The minimum atomic E-state index is -4.72. The number of carbonyl (C=O) groups excluding carboxylic acids is 1. The number of pyridine rings is 1. The van der Waals surface area contributed by atoms with Crippen molar-refractivity contribution in [3.05, 3.63) is 71.9 Å². The Morgan fingerprint density at radius 3 is 2.29 bits per heavy atom. The van der Waals surface area contributed by atoms with E-state index in [1.807, 2.05) is 0 Å². The number of aromatic nitrogens is 3. The smallest absolute Gasteiger partial charge is 0.351 e. The Morgan fingerprint density at radius 2 is 1.68 bits per heavy atom. The molecular formula is C24H20F5N5O3S. The Labute approximate surface area is 214 Å². The fourth-order valence-electron chi connectivity index (χ4n) is 4.64. The van der Waals surface area contributed by atoms with Crippen LogP contribution in [0.1, 0.15) is 37.1 Å². The zero-order valence-electron chi connectivity index (χ0n) is 19.5. The molecule has 3 aromatic rings. The van der Waals surface area contributed by atoms with E-state index in [1.165, 1.54) is 10.4 Å². The number of benzene rings is 1. The van der Waals surface area contributed by atoms with Crippen LogP contribution >= 0.6 is 0 Å². The van der Waals surface area contributed by atoms with Gasteiger partial charge in [0, 0.05) is 35.6 Å². The van der Waals surface area contributed by atoms with E-state index in [-0.39, 0.29) is 34.7 Å². The quantitative estimate of drug-likeness (QED) is 0.466. The number of alkyl halides is 3. The van der Waals surface area contributed by atoms with Crippen molar-refractivity contribution in [1.82, 2.24) is 24.6 Å². The number of hydrogen-bond donors (Lipinski definition) is 1. The van der Waals surface area contributed by atoms with Crippen molar-refractivity contribution in [2.75, 3.05) is 0 Å². The monoisotopic (exact) mass is 553 g/mol. The third kappa shape index (κ3) is 4.85. The molecule has 200 valence electrons. The molecule has 1 aliphatic carbocycles. The standard InChI is InChI=1S/C24H20F5N5O3S/c25-16-1-3-17(4-2-16)38(36,37)34-20(5-6-23(34)7-8-23)21(35)31-10-14-9-19(30-13-18(14)26)15-11-32-22(33-12-15)24(27,28)29/h1-4,9,11-13,20H,5-8,10H2,(H,31,35)/t20-/m0/s1. The van der Waals surface area contributed by atoms with E-state index in [1.54, 1.807) is 0 Å². The van der Waals surface area contributed by atoms with Crippen LogP contribution in [0.15, 0.2) is 53.8 Å². The van der Waals surface area contributed by atoms with Gasteiger partial charge in [0.1, 0.15) is 17.7 Å². The molecule has 1 saturated heterocycles. The van der Waals surface area contributed by atoms with E-state index in [2.05, 4.69) is 20.3 Å². The molecule has 0 unspecified atom stereocenters. The molecule has 1 N–H and O–H groups in total. The minimum absolute atomic E-state index is 0.0182. The summed E-state index contributed by atoms with van der Waals surface area (Å²) < 4.78 is 94.0. The average Bonchev–Trinajstić information content (AvgIpc) is 3.54. The van der Waals surface area contributed by atoms with Crippen LogP contribution in [0.5, 0.6) is 0 Å². The summed E-state index contributed by atoms with van der Waals surface area (Å²) in [7, 11) is -4.11. The lowest BCUT2D eigenvalue weighted by Crippen LogP contribution is -2.49. The van der Waals surface area contributed by atoms with Gasteiger partial charge in [-0.3, -0.25) is 9.78 Å². The molecule has 38 heavy (non-hydrogen) atoms. The molecule has 0 radical (unpaired) electrons. The van der Waals surface area contributed by atoms with Crippen molar-refractivity contribution < 1.29 is 35.2 Å². The first-order valence-electron chi connectivity index (χ1n) is 11.5. The summed E-state index contributed by atoms with van der Waals surface area (Å²) in [5, 5.41) is 2.56. The molecule has 1 spiro atoms. The van der Waals surface area contributed by atoms with Crippen LogP contribution in [-0.4, -0.2) is 45.2 Å². The van der Waals surface area contributed by atoms with Crippen molar-refractivity contribution in [2.45, 2.75) is 54.9 Å². The highest BCUT2D eigenvalue weighted by atomic mass is 32.2. The Balaban J connectivity index is 1.34. The number of hydrogen-bond acceptors (Lipinski definition) is 6. The molecule has 1 amide bonds. The van der Waals surface area contributed by atoms with Crippen molar-refractivity contribution in [3.8, 4) is 11.3 Å². The van der Waals surface area contributed by atoms with Crippen molar-refractivity contribution in [1.29, 1.82) is 0 Å². The zero-order chi connectivity index (χ0) is 27.3. The third-order valence-electron chi connectivity index (χ3n) is 6.72. The first-order chi connectivity index (χ1) is 17.9. The number of sulfonamides is 1. The summed E-state index contributed by atoms with van der Waals surface area (Å²) in [4.78, 5) is 23.4. The fourth-order valence-corrected chi connectivity index (χ4v) is 6.67. The predicted molar refractivity (Wildman–Crippen MR) is 122 cm³/mol. The number of rotatable bonds is 6. The molecule has 1 saturated carbocycles. The zero-order valence-corrected chi connectivity index (χ0v) is 20.4. The van der Waals surface area contributed by atoms with Crippen LogP contribution in [0.4, 0.5) is 22.0 Å². The average molecular weight is 554 g/mol. The van der Waals surface area contributed by atoms with Gasteiger partial charge >= 0.3 is 6.18 Å². The normalized spacial score (nSPS) is 19.0. The van der Waals surface area contributed by atoms with Crippen LogP contribution in [0.2, 0.25) is 0 Å². The van der Waals surface area contributed by atoms with Crippen LogP contribution in [-0.2, 0) is 27.5 Å². The number of halogens is 5. The maximum atomic E-state index is 14.5. The summed E-state index contributed by atoms with van der Waals surface area (Å²) in [5.41, 5.74) is -0.501. The maximum absolute atomic E-state index is 14.5. The summed E-state index contributed by atoms with van der Waals surface area (Å²) in [6, 6.07) is 4.55. The first kappa shape index (κ1) is 26.1. The summed E-state index contributed by atoms with van der Waals surface area (Å²) in [6.45, 7) is -0.324. The molecule has 0 bridgehead atoms. The Kier molecular flexibility index (Phi) is 6.42.